The number of hydrogen-bond donors (Lipinski definition) is 2. The van der Waals surface area contributed by atoms with E-state index < -0.39 is 18.2 Å². The first-order valence-corrected chi connectivity index (χ1v) is 14.2. The van der Waals surface area contributed by atoms with Crippen molar-refractivity contribution in [2.24, 2.45) is 5.92 Å². The minimum atomic E-state index is -5.08. The van der Waals surface area contributed by atoms with Crippen LogP contribution in [-0.2, 0) is 30.5 Å². The van der Waals surface area contributed by atoms with Gasteiger partial charge in [-0.3, -0.25) is 14.5 Å². The Morgan fingerprint density at radius 1 is 0.953 bits per heavy atom. The first kappa shape index (κ1) is 33.6. The van der Waals surface area contributed by atoms with Gasteiger partial charge in [-0.25, -0.2) is 9.59 Å². The van der Waals surface area contributed by atoms with Crippen LogP contribution >= 0.6 is 0 Å². The largest absolute Gasteiger partial charge is 0.490 e. The van der Waals surface area contributed by atoms with E-state index in [2.05, 4.69) is 17.3 Å². The van der Waals surface area contributed by atoms with Crippen LogP contribution in [0.2, 0.25) is 0 Å². The summed E-state index contributed by atoms with van der Waals surface area (Å²) in [5, 5.41) is 10.2. The van der Waals surface area contributed by atoms with E-state index >= 15 is 0 Å². The zero-order valence-corrected chi connectivity index (χ0v) is 23.9. The molecule has 2 saturated heterocycles. The zero-order valence-electron chi connectivity index (χ0n) is 23.9. The Morgan fingerprint density at radius 2 is 1.58 bits per heavy atom. The monoisotopic (exact) mass is 606 g/mol. The number of carbonyl (C=O) groups is 4. The average Bonchev–Trinajstić information content (AvgIpc) is 3.21. The predicted molar refractivity (Wildman–Crippen MR) is 150 cm³/mol. The van der Waals surface area contributed by atoms with Crippen molar-refractivity contribution in [1.82, 2.24) is 10.2 Å². The number of nitrogens with one attached hydrogen (secondary N) is 1. The lowest BCUT2D eigenvalue weighted by Crippen LogP contribution is -2.55. The fraction of sp³-hybridized carbons (Fsp3) is 0.484. The Kier molecular flexibility index (Phi) is 12.5. The van der Waals surface area contributed by atoms with Gasteiger partial charge in [0, 0.05) is 31.5 Å². The lowest BCUT2D eigenvalue weighted by Gasteiger charge is -2.41. The fourth-order valence-electron chi connectivity index (χ4n) is 5.38. The second kappa shape index (κ2) is 16.1. The number of unbranched alkanes of at least 4 members (excludes halogenated alkanes) is 2. The van der Waals surface area contributed by atoms with Crippen molar-refractivity contribution in [3.8, 4) is 0 Å². The number of halogens is 3. The predicted octanol–water partition coefficient (Wildman–Crippen LogP) is 4.75. The molecular formula is C31H37F3N2O7. The summed E-state index contributed by atoms with van der Waals surface area (Å²) in [5.74, 6) is -3.77. The summed E-state index contributed by atoms with van der Waals surface area (Å²) in [5.41, 5.74) is 1.48. The molecule has 2 N–H and O–H groups in total. The lowest BCUT2D eigenvalue weighted by molar-refractivity contribution is -0.192. The van der Waals surface area contributed by atoms with Crippen molar-refractivity contribution >= 4 is 23.8 Å². The quantitative estimate of drug-likeness (QED) is 0.278. The molecular weight excluding hydrogens is 569 g/mol. The molecule has 0 aromatic heterocycles. The summed E-state index contributed by atoms with van der Waals surface area (Å²) in [6.45, 7) is 0.831. The molecule has 2 fully saturated rings. The van der Waals surface area contributed by atoms with E-state index in [4.69, 9.17) is 19.4 Å². The van der Waals surface area contributed by atoms with Gasteiger partial charge in [0.2, 0.25) is 5.91 Å². The number of carboxylic acid groups (broad SMARTS) is 1. The van der Waals surface area contributed by atoms with Crippen LogP contribution in [0.25, 0.3) is 0 Å². The summed E-state index contributed by atoms with van der Waals surface area (Å²) < 4.78 is 42.9. The van der Waals surface area contributed by atoms with Crippen molar-refractivity contribution in [3.05, 3.63) is 71.8 Å². The summed E-state index contributed by atoms with van der Waals surface area (Å²) in [6.07, 6.45) is -0.188. The SMILES string of the molecule is CN1[C@H]2CC[C@@H]1[C@@H](C(=O)NCCCCCC(=O)OCc1ccccc1)[C@@H](OC(=O)c1ccccc1)C2.O=C(O)C(F)(F)F. The number of nitrogens with zero attached hydrogens (tertiary/aromatic N) is 1. The molecule has 0 radical (unpaired) electrons. The van der Waals surface area contributed by atoms with E-state index in [9.17, 15) is 27.6 Å². The number of fused-ring (bicyclic) bond motifs is 2. The zero-order chi connectivity index (χ0) is 31.4. The molecule has 2 aromatic carbocycles. The molecule has 2 bridgehead atoms. The molecule has 43 heavy (non-hydrogen) atoms. The van der Waals surface area contributed by atoms with Gasteiger partial charge in [-0.2, -0.15) is 13.2 Å². The van der Waals surface area contributed by atoms with Crippen molar-refractivity contribution in [2.75, 3.05) is 13.6 Å². The van der Waals surface area contributed by atoms with Crippen molar-refractivity contribution < 1.29 is 46.9 Å². The van der Waals surface area contributed by atoms with Crippen LogP contribution in [0.3, 0.4) is 0 Å². The molecule has 0 aliphatic carbocycles. The molecule has 9 nitrogen and oxygen atoms in total. The molecule has 0 unspecified atom stereocenters. The van der Waals surface area contributed by atoms with Crippen LogP contribution in [0.5, 0.6) is 0 Å². The Hall–Kier alpha value is -3.93. The van der Waals surface area contributed by atoms with Crippen molar-refractivity contribution in [3.63, 3.8) is 0 Å². The van der Waals surface area contributed by atoms with Crippen LogP contribution in [0.1, 0.15) is 60.9 Å². The minimum Gasteiger partial charge on any atom is -0.475 e. The summed E-state index contributed by atoms with van der Waals surface area (Å²) in [6, 6.07) is 19.0. The number of benzene rings is 2. The number of carbonyl (C=O) groups excluding carboxylic acids is 3. The van der Waals surface area contributed by atoms with E-state index in [0.717, 1.165) is 37.7 Å². The second-order valence-electron chi connectivity index (χ2n) is 10.6. The Morgan fingerprint density at radius 3 is 2.21 bits per heavy atom. The topological polar surface area (TPSA) is 122 Å². The molecule has 0 spiro atoms. The summed E-state index contributed by atoms with van der Waals surface area (Å²) in [7, 11) is 2.06. The lowest BCUT2D eigenvalue weighted by atomic mass is 9.86. The minimum absolute atomic E-state index is 0.0552. The Bertz CT molecular complexity index is 1210. The molecule has 234 valence electrons. The third-order valence-corrected chi connectivity index (χ3v) is 7.63. The van der Waals surface area contributed by atoms with Crippen LogP contribution in [0.15, 0.2) is 60.7 Å². The standard InChI is InChI=1S/C29H36N2O5.C2HF3O2/c1-31-23-16-17-24(31)27(25(19-23)36-29(34)22-13-7-3-8-14-22)28(33)30-18-10-4-9-15-26(32)35-20-21-11-5-2-6-12-21;3-2(4,5)1(6)7/h2-3,5-8,11-14,23-25,27H,4,9-10,15-20H2,1H3,(H,30,33);(H,6,7)/t23-,24+,25-,27+;/m0./s1. The number of rotatable bonds is 11. The Labute approximate surface area is 248 Å². The molecule has 2 heterocycles. The van der Waals surface area contributed by atoms with Gasteiger partial charge >= 0.3 is 24.1 Å². The summed E-state index contributed by atoms with van der Waals surface area (Å²) in [4.78, 5) is 49.1. The highest BCUT2D eigenvalue weighted by atomic mass is 19.4. The van der Waals surface area contributed by atoms with Gasteiger partial charge in [-0.1, -0.05) is 55.0 Å². The number of aliphatic carboxylic acids is 1. The number of piperidine rings is 1. The number of hydrogen-bond acceptors (Lipinski definition) is 7. The molecule has 2 aromatic rings. The highest BCUT2D eigenvalue weighted by molar-refractivity contribution is 5.90. The maximum Gasteiger partial charge on any atom is 0.490 e. The van der Waals surface area contributed by atoms with Crippen LogP contribution < -0.4 is 5.32 Å². The van der Waals surface area contributed by atoms with E-state index in [0.29, 0.717) is 37.6 Å². The number of carboxylic acids is 1. The van der Waals surface area contributed by atoms with Gasteiger partial charge in [0.15, 0.2) is 0 Å². The van der Waals surface area contributed by atoms with Gasteiger partial charge in [0.25, 0.3) is 0 Å². The van der Waals surface area contributed by atoms with E-state index in [1.807, 2.05) is 48.5 Å². The highest BCUT2D eigenvalue weighted by Gasteiger charge is 2.50. The summed E-state index contributed by atoms with van der Waals surface area (Å²) >= 11 is 0. The Balaban J connectivity index is 0.000000646. The molecule has 4 rings (SSSR count). The smallest absolute Gasteiger partial charge is 0.475 e. The third kappa shape index (κ3) is 10.4. The third-order valence-electron chi connectivity index (χ3n) is 7.63. The van der Waals surface area contributed by atoms with E-state index in [1.54, 1.807) is 12.1 Å². The molecule has 2 aliphatic rings. The first-order valence-electron chi connectivity index (χ1n) is 14.2. The van der Waals surface area contributed by atoms with Crippen LogP contribution in [0.4, 0.5) is 13.2 Å². The number of alkyl halides is 3. The average molecular weight is 607 g/mol. The normalized spacial score (nSPS) is 21.2. The first-order chi connectivity index (χ1) is 20.5. The van der Waals surface area contributed by atoms with E-state index in [-0.39, 0.29) is 29.8 Å². The second-order valence-corrected chi connectivity index (χ2v) is 10.6. The van der Waals surface area contributed by atoms with Gasteiger partial charge in [-0.05, 0) is 50.4 Å². The molecule has 1 amide bonds. The van der Waals surface area contributed by atoms with Crippen molar-refractivity contribution in [1.29, 1.82) is 0 Å². The maximum absolute atomic E-state index is 13.2. The van der Waals surface area contributed by atoms with E-state index in [1.165, 1.54) is 0 Å². The van der Waals surface area contributed by atoms with Crippen LogP contribution in [0, 0.1) is 5.92 Å². The van der Waals surface area contributed by atoms with Gasteiger partial charge in [-0.15, -0.1) is 0 Å². The number of ether oxygens (including phenoxy) is 2. The van der Waals surface area contributed by atoms with Gasteiger partial charge < -0.3 is 19.9 Å². The van der Waals surface area contributed by atoms with Gasteiger partial charge in [0.05, 0.1) is 11.5 Å². The number of esters is 2. The maximum atomic E-state index is 13.2. The molecule has 4 atom stereocenters. The molecule has 12 heteroatoms. The molecule has 2 aliphatic heterocycles. The van der Waals surface area contributed by atoms with Crippen molar-refractivity contribution in [2.45, 2.75) is 75.9 Å². The number of amides is 1. The highest BCUT2D eigenvalue weighted by Crippen LogP contribution is 2.40. The van der Waals surface area contributed by atoms with Gasteiger partial charge in [0.1, 0.15) is 12.7 Å². The molecule has 0 saturated carbocycles. The fourth-order valence-corrected chi connectivity index (χ4v) is 5.38. The van der Waals surface area contributed by atoms with Crippen LogP contribution in [-0.4, -0.2) is 71.8 Å².